The fourth-order valence-corrected chi connectivity index (χ4v) is 3.96. The fraction of sp³-hybridized carbons (Fsp3) is 0.467. The van der Waals surface area contributed by atoms with Gasteiger partial charge in [-0.1, -0.05) is 12.1 Å². The Morgan fingerprint density at radius 3 is 2.87 bits per heavy atom. The summed E-state index contributed by atoms with van der Waals surface area (Å²) in [4.78, 5) is 18.6. The van der Waals surface area contributed by atoms with E-state index >= 15 is 0 Å². The maximum Gasteiger partial charge on any atom is 0.245 e. The molecule has 8 heteroatoms. The van der Waals surface area contributed by atoms with Crippen LogP contribution in [0.15, 0.2) is 30.6 Å². The van der Waals surface area contributed by atoms with Gasteiger partial charge in [-0.05, 0) is 31.9 Å². The topological polar surface area (TPSA) is 98.3 Å². The van der Waals surface area contributed by atoms with Crippen LogP contribution in [-0.4, -0.2) is 47.1 Å². The van der Waals surface area contributed by atoms with E-state index in [2.05, 4.69) is 4.98 Å². The highest BCUT2D eigenvalue weighted by Crippen LogP contribution is 2.22. The number of carbonyl (C=O) groups is 1. The SMILES string of the molecule is CC(C(=O)N1CCCC(S(N)(=O)=O)C1)n1cnc2ccccc21. The number of sulfonamides is 1. The van der Waals surface area contributed by atoms with Crippen molar-refractivity contribution in [1.29, 1.82) is 0 Å². The molecule has 0 aliphatic carbocycles. The van der Waals surface area contributed by atoms with E-state index in [9.17, 15) is 13.2 Å². The second-order valence-corrected chi connectivity index (χ2v) is 7.80. The van der Waals surface area contributed by atoms with E-state index in [1.807, 2.05) is 28.8 Å². The number of benzene rings is 1. The minimum atomic E-state index is -3.62. The molecule has 2 N–H and O–H groups in total. The summed E-state index contributed by atoms with van der Waals surface area (Å²) in [6.07, 6.45) is 2.80. The molecule has 0 saturated carbocycles. The lowest BCUT2D eigenvalue weighted by molar-refractivity contribution is -0.135. The number of carbonyl (C=O) groups excluding carboxylic acids is 1. The maximum absolute atomic E-state index is 12.8. The van der Waals surface area contributed by atoms with E-state index in [4.69, 9.17) is 5.14 Å². The molecule has 2 heterocycles. The van der Waals surface area contributed by atoms with Crippen LogP contribution in [-0.2, 0) is 14.8 Å². The first kappa shape index (κ1) is 15.9. The molecule has 0 radical (unpaired) electrons. The first-order chi connectivity index (χ1) is 10.9. The van der Waals surface area contributed by atoms with Crippen molar-refractivity contribution in [3.63, 3.8) is 0 Å². The van der Waals surface area contributed by atoms with Gasteiger partial charge in [-0.15, -0.1) is 0 Å². The molecule has 124 valence electrons. The molecule has 1 aromatic heterocycles. The normalized spacial score (nSPS) is 20.6. The molecular weight excluding hydrogens is 316 g/mol. The van der Waals surface area contributed by atoms with Crippen LogP contribution >= 0.6 is 0 Å². The molecular formula is C15H20N4O3S. The largest absolute Gasteiger partial charge is 0.340 e. The average molecular weight is 336 g/mol. The van der Waals surface area contributed by atoms with Gasteiger partial charge in [0.15, 0.2) is 0 Å². The Bertz CT molecular complexity index is 830. The third-order valence-electron chi connectivity index (χ3n) is 4.41. The second-order valence-electron chi connectivity index (χ2n) is 5.95. The summed E-state index contributed by atoms with van der Waals surface area (Å²) in [7, 11) is -3.62. The van der Waals surface area contributed by atoms with Gasteiger partial charge in [-0.3, -0.25) is 4.79 Å². The van der Waals surface area contributed by atoms with Crippen LogP contribution in [0.5, 0.6) is 0 Å². The molecule has 2 unspecified atom stereocenters. The summed E-state index contributed by atoms with van der Waals surface area (Å²) in [5.41, 5.74) is 1.71. The number of fused-ring (bicyclic) bond motifs is 1. The molecule has 1 aromatic carbocycles. The smallest absolute Gasteiger partial charge is 0.245 e. The summed E-state index contributed by atoms with van der Waals surface area (Å²) in [6.45, 7) is 2.52. The summed E-state index contributed by atoms with van der Waals surface area (Å²) in [5.74, 6) is -0.110. The highest BCUT2D eigenvalue weighted by atomic mass is 32.2. The van der Waals surface area contributed by atoms with Gasteiger partial charge in [-0.25, -0.2) is 18.5 Å². The van der Waals surface area contributed by atoms with Crippen molar-refractivity contribution in [2.45, 2.75) is 31.1 Å². The Morgan fingerprint density at radius 2 is 2.13 bits per heavy atom. The van der Waals surface area contributed by atoms with Gasteiger partial charge in [0, 0.05) is 13.1 Å². The van der Waals surface area contributed by atoms with Crippen LogP contribution in [0.3, 0.4) is 0 Å². The summed E-state index contributed by atoms with van der Waals surface area (Å²) in [5, 5.41) is 4.56. The predicted octanol–water partition coefficient (Wildman–Crippen LogP) is 0.877. The molecule has 23 heavy (non-hydrogen) atoms. The summed E-state index contributed by atoms with van der Waals surface area (Å²) >= 11 is 0. The number of imidazole rings is 1. The first-order valence-corrected chi connectivity index (χ1v) is 9.21. The Kier molecular flexibility index (Phi) is 4.11. The molecule has 7 nitrogen and oxygen atoms in total. The second kappa shape index (κ2) is 5.93. The molecule has 1 amide bonds. The van der Waals surface area contributed by atoms with Crippen LogP contribution in [0.1, 0.15) is 25.8 Å². The van der Waals surface area contributed by atoms with Crippen LogP contribution in [0.4, 0.5) is 0 Å². The number of nitrogens with two attached hydrogens (primary N) is 1. The number of likely N-dealkylation sites (tertiary alicyclic amines) is 1. The van der Waals surface area contributed by atoms with Gasteiger partial charge in [-0.2, -0.15) is 0 Å². The van der Waals surface area contributed by atoms with Crippen molar-refractivity contribution >= 4 is 27.0 Å². The minimum absolute atomic E-state index is 0.110. The summed E-state index contributed by atoms with van der Waals surface area (Å²) < 4.78 is 24.9. The van der Waals surface area contributed by atoms with Crippen molar-refractivity contribution in [3.05, 3.63) is 30.6 Å². The van der Waals surface area contributed by atoms with Crippen molar-refractivity contribution in [2.24, 2.45) is 5.14 Å². The highest BCUT2D eigenvalue weighted by Gasteiger charge is 2.32. The lowest BCUT2D eigenvalue weighted by Gasteiger charge is -2.33. The third kappa shape index (κ3) is 3.09. The fourth-order valence-electron chi connectivity index (χ4n) is 3.08. The van der Waals surface area contributed by atoms with E-state index in [1.165, 1.54) is 0 Å². The number of para-hydroxylation sites is 2. The van der Waals surface area contributed by atoms with Gasteiger partial charge in [0.1, 0.15) is 6.04 Å². The standard InChI is InChI=1S/C15H20N4O3S/c1-11(19-10-17-13-6-2-3-7-14(13)19)15(20)18-8-4-5-12(9-18)23(16,21)22/h2-3,6-7,10-12H,4-5,8-9H2,1H3,(H2,16,21,22). The Balaban J connectivity index is 1.82. The lowest BCUT2D eigenvalue weighted by Crippen LogP contribution is -2.48. The zero-order chi connectivity index (χ0) is 16.6. The van der Waals surface area contributed by atoms with Crippen LogP contribution in [0.25, 0.3) is 11.0 Å². The first-order valence-electron chi connectivity index (χ1n) is 7.60. The zero-order valence-corrected chi connectivity index (χ0v) is 13.7. The number of rotatable bonds is 3. The number of primary sulfonamides is 1. The highest BCUT2D eigenvalue weighted by molar-refractivity contribution is 7.89. The average Bonchev–Trinajstić information content (AvgIpc) is 2.97. The Morgan fingerprint density at radius 1 is 1.39 bits per heavy atom. The third-order valence-corrected chi connectivity index (χ3v) is 5.72. The minimum Gasteiger partial charge on any atom is -0.340 e. The number of amides is 1. The van der Waals surface area contributed by atoms with E-state index in [0.717, 1.165) is 11.0 Å². The van der Waals surface area contributed by atoms with Gasteiger partial charge >= 0.3 is 0 Å². The molecule has 1 aliphatic rings. The van der Waals surface area contributed by atoms with E-state index in [1.54, 1.807) is 18.2 Å². The number of hydrogen-bond acceptors (Lipinski definition) is 4. The van der Waals surface area contributed by atoms with Gasteiger partial charge in [0.05, 0.1) is 22.6 Å². The van der Waals surface area contributed by atoms with Gasteiger partial charge in [0.2, 0.25) is 15.9 Å². The van der Waals surface area contributed by atoms with E-state index in [-0.39, 0.29) is 12.5 Å². The molecule has 1 fully saturated rings. The Hall–Kier alpha value is -1.93. The molecule has 0 bridgehead atoms. The number of piperidine rings is 1. The van der Waals surface area contributed by atoms with E-state index < -0.39 is 21.3 Å². The monoisotopic (exact) mass is 336 g/mol. The van der Waals surface area contributed by atoms with Crippen LogP contribution < -0.4 is 5.14 Å². The lowest BCUT2D eigenvalue weighted by atomic mass is 10.1. The molecule has 0 spiro atoms. The van der Waals surface area contributed by atoms with Gasteiger partial charge < -0.3 is 9.47 Å². The molecule has 2 aromatic rings. The summed E-state index contributed by atoms with van der Waals surface area (Å²) in [6, 6.07) is 7.15. The number of hydrogen-bond donors (Lipinski definition) is 1. The molecule has 3 rings (SSSR count). The number of aromatic nitrogens is 2. The quantitative estimate of drug-likeness (QED) is 0.899. The van der Waals surface area contributed by atoms with Crippen molar-refractivity contribution in [3.8, 4) is 0 Å². The molecule has 1 aliphatic heterocycles. The van der Waals surface area contributed by atoms with E-state index in [0.29, 0.717) is 19.4 Å². The van der Waals surface area contributed by atoms with Gasteiger partial charge in [0.25, 0.3) is 0 Å². The van der Waals surface area contributed by atoms with Crippen molar-refractivity contribution in [1.82, 2.24) is 14.5 Å². The predicted molar refractivity (Wildman–Crippen MR) is 87.2 cm³/mol. The van der Waals surface area contributed by atoms with Crippen LogP contribution in [0, 0.1) is 0 Å². The number of nitrogens with zero attached hydrogens (tertiary/aromatic N) is 3. The Labute approximate surface area is 135 Å². The van der Waals surface area contributed by atoms with Crippen molar-refractivity contribution in [2.75, 3.05) is 13.1 Å². The zero-order valence-electron chi connectivity index (χ0n) is 12.9. The molecule has 2 atom stereocenters. The molecule has 1 saturated heterocycles. The maximum atomic E-state index is 12.8. The van der Waals surface area contributed by atoms with Crippen molar-refractivity contribution < 1.29 is 13.2 Å². The van der Waals surface area contributed by atoms with Crippen LogP contribution in [0.2, 0.25) is 0 Å².